The van der Waals surface area contributed by atoms with E-state index in [0.717, 1.165) is 5.56 Å². The lowest BCUT2D eigenvalue weighted by Crippen LogP contribution is -2.48. The second-order valence-corrected chi connectivity index (χ2v) is 6.61. The van der Waals surface area contributed by atoms with Crippen LogP contribution in [0.2, 0.25) is 0 Å². The minimum atomic E-state index is -1.61. The van der Waals surface area contributed by atoms with E-state index in [4.69, 9.17) is 14.3 Å². The third-order valence-electron chi connectivity index (χ3n) is 4.65. The van der Waals surface area contributed by atoms with Crippen LogP contribution in [-0.4, -0.2) is 42.5 Å². The van der Waals surface area contributed by atoms with E-state index in [-0.39, 0.29) is 13.0 Å². The van der Waals surface area contributed by atoms with Gasteiger partial charge in [-0.2, -0.15) is 0 Å². The van der Waals surface area contributed by atoms with Crippen LogP contribution in [0.25, 0.3) is 0 Å². The highest BCUT2D eigenvalue weighted by Gasteiger charge is 2.48. The molecular formula is C21H22N2O6. The molecule has 0 spiro atoms. The zero-order valence-electron chi connectivity index (χ0n) is 16.2. The molecule has 3 rings (SSSR count). The van der Waals surface area contributed by atoms with Crippen molar-refractivity contribution in [1.82, 2.24) is 5.32 Å². The van der Waals surface area contributed by atoms with Crippen LogP contribution in [0, 0.1) is 0 Å². The average molecular weight is 398 g/mol. The number of oxime groups is 1. The van der Waals surface area contributed by atoms with E-state index in [0.29, 0.717) is 22.8 Å². The molecule has 0 fully saturated rings. The van der Waals surface area contributed by atoms with Crippen LogP contribution < -0.4 is 14.8 Å². The second kappa shape index (κ2) is 8.64. The second-order valence-electron chi connectivity index (χ2n) is 6.61. The topological polar surface area (TPSA) is 106 Å². The van der Waals surface area contributed by atoms with Crippen LogP contribution in [0.3, 0.4) is 0 Å². The number of ether oxygens (including phenoxy) is 2. The summed E-state index contributed by atoms with van der Waals surface area (Å²) in [5, 5.41) is 16.1. The van der Waals surface area contributed by atoms with Gasteiger partial charge in [0.25, 0.3) is 5.91 Å². The van der Waals surface area contributed by atoms with Gasteiger partial charge < -0.3 is 24.7 Å². The van der Waals surface area contributed by atoms with E-state index in [1.807, 2.05) is 30.3 Å². The van der Waals surface area contributed by atoms with Crippen molar-refractivity contribution in [2.75, 3.05) is 14.2 Å². The Bertz CT molecular complexity index is 928. The van der Waals surface area contributed by atoms with E-state index in [1.54, 1.807) is 18.2 Å². The number of nitrogens with one attached hydrogen (secondary N) is 1. The molecule has 8 heteroatoms. The van der Waals surface area contributed by atoms with Crippen molar-refractivity contribution in [3.63, 3.8) is 0 Å². The van der Waals surface area contributed by atoms with E-state index in [1.165, 1.54) is 14.2 Å². The lowest BCUT2D eigenvalue weighted by atomic mass is 9.90. The lowest BCUT2D eigenvalue weighted by molar-refractivity contribution is -0.156. The fourth-order valence-electron chi connectivity index (χ4n) is 3.13. The Morgan fingerprint density at radius 3 is 2.52 bits per heavy atom. The molecule has 0 saturated carbocycles. The Hall–Kier alpha value is -3.55. The molecular weight excluding hydrogens is 376 g/mol. The van der Waals surface area contributed by atoms with Gasteiger partial charge in [-0.15, -0.1) is 0 Å². The maximum absolute atomic E-state index is 12.9. The van der Waals surface area contributed by atoms with Crippen molar-refractivity contribution in [2.24, 2.45) is 5.16 Å². The van der Waals surface area contributed by atoms with Crippen LogP contribution in [0.1, 0.15) is 24.0 Å². The Labute approximate surface area is 168 Å². The van der Waals surface area contributed by atoms with E-state index in [9.17, 15) is 14.7 Å². The van der Waals surface area contributed by atoms with Crippen molar-refractivity contribution >= 4 is 17.6 Å². The third-order valence-corrected chi connectivity index (χ3v) is 4.65. The SMILES string of the molecule is COc1ccc(C2=NOC(CC(=O)O)(C(=O)NCc3ccccc3)C2)cc1OC. The van der Waals surface area contributed by atoms with Gasteiger partial charge in [0.05, 0.1) is 26.4 Å². The van der Waals surface area contributed by atoms with Crippen molar-refractivity contribution in [3.05, 3.63) is 59.7 Å². The highest BCUT2D eigenvalue weighted by atomic mass is 16.7. The molecule has 2 aromatic carbocycles. The number of aliphatic carboxylic acids is 1. The maximum Gasteiger partial charge on any atom is 0.308 e. The number of nitrogens with zero attached hydrogens (tertiary/aromatic N) is 1. The quantitative estimate of drug-likeness (QED) is 0.707. The van der Waals surface area contributed by atoms with Crippen molar-refractivity contribution in [3.8, 4) is 11.5 Å². The van der Waals surface area contributed by atoms with Gasteiger partial charge in [-0.1, -0.05) is 35.5 Å². The van der Waals surface area contributed by atoms with Gasteiger partial charge >= 0.3 is 5.97 Å². The first-order valence-corrected chi connectivity index (χ1v) is 8.99. The number of hydrogen-bond acceptors (Lipinski definition) is 6. The normalized spacial score (nSPS) is 17.8. The standard InChI is InChI=1S/C21H22N2O6/c1-27-17-9-8-15(10-18(17)28-2)16-11-21(29-23-16,12-19(24)25)20(26)22-13-14-6-4-3-5-7-14/h3-10H,11-13H2,1-2H3,(H,22,26)(H,24,25). The summed E-state index contributed by atoms with van der Waals surface area (Å²) in [4.78, 5) is 29.7. The average Bonchev–Trinajstić information content (AvgIpc) is 3.16. The summed E-state index contributed by atoms with van der Waals surface area (Å²) in [7, 11) is 3.04. The summed E-state index contributed by atoms with van der Waals surface area (Å²) in [6, 6.07) is 14.5. The number of amides is 1. The first-order chi connectivity index (χ1) is 14.0. The van der Waals surface area contributed by atoms with Gasteiger partial charge in [0.15, 0.2) is 11.5 Å². The van der Waals surface area contributed by atoms with Gasteiger partial charge in [0.2, 0.25) is 5.60 Å². The molecule has 2 N–H and O–H groups in total. The molecule has 8 nitrogen and oxygen atoms in total. The summed E-state index contributed by atoms with van der Waals surface area (Å²) in [6.07, 6.45) is -0.483. The molecule has 0 saturated heterocycles. The summed E-state index contributed by atoms with van der Waals surface area (Å²) in [6.45, 7) is 0.260. The summed E-state index contributed by atoms with van der Waals surface area (Å²) in [5.41, 5.74) is 0.404. The number of benzene rings is 2. The molecule has 29 heavy (non-hydrogen) atoms. The molecule has 2 aromatic rings. The number of methoxy groups -OCH3 is 2. The molecule has 0 aromatic heterocycles. The minimum absolute atomic E-state index is 0.0232. The predicted molar refractivity (Wildman–Crippen MR) is 105 cm³/mol. The number of hydrogen-bond donors (Lipinski definition) is 2. The van der Waals surface area contributed by atoms with Crippen molar-refractivity contribution < 1.29 is 29.0 Å². The molecule has 152 valence electrons. The summed E-state index contributed by atoms with van der Waals surface area (Å²) < 4.78 is 10.5. The Kier molecular flexibility index (Phi) is 6.01. The Balaban J connectivity index is 1.78. The van der Waals surface area contributed by atoms with Crippen LogP contribution >= 0.6 is 0 Å². The lowest BCUT2D eigenvalue weighted by Gasteiger charge is -2.23. The zero-order chi connectivity index (χ0) is 20.9. The first-order valence-electron chi connectivity index (χ1n) is 8.99. The molecule has 1 amide bonds. The van der Waals surface area contributed by atoms with Crippen molar-refractivity contribution in [1.29, 1.82) is 0 Å². The van der Waals surface area contributed by atoms with Gasteiger partial charge in [-0.3, -0.25) is 9.59 Å². The number of rotatable bonds is 8. The van der Waals surface area contributed by atoms with Crippen LogP contribution in [0.15, 0.2) is 53.7 Å². The first kappa shape index (κ1) is 20.2. The Morgan fingerprint density at radius 2 is 1.86 bits per heavy atom. The molecule has 1 unspecified atom stereocenters. The zero-order valence-corrected chi connectivity index (χ0v) is 16.2. The molecule has 0 aliphatic carbocycles. The molecule has 1 aliphatic rings. The smallest absolute Gasteiger partial charge is 0.308 e. The minimum Gasteiger partial charge on any atom is -0.493 e. The van der Waals surface area contributed by atoms with Gasteiger partial charge in [-0.25, -0.2) is 0 Å². The number of carboxylic acid groups (broad SMARTS) is 1. The van der Waals surface area contributed by atoms with Gasteiger partial charge in [0.1, 0.15) is 0 Å². The molecule has 0 radical (unpaired) electrons. The fourth-order valence-corrected chi connectivity index (χ4v) is 3.13. The van der Waals surface area contributed by atoms with Crippen LogP contribution in [0.4, 0.5) is 0 Å². The monoisotopic (exact) mass is 398 g/mol. The molecule has 1 aliphatic heterocycles. The van der Waals surface area contributed by atoms with Crippen LogP contribution in [0.5, 0.6) is 11.5 Å². The predicted octanol–water partition coefficient (Wildman–Crippen LogP) is 2.36. The van der Waals surface area contributed by atoms with Crippen molar-refractivity contribution in [2.45, 2.75) is 25.0 Å². The number of carbonyl (C=O) groups is 2. The number of carboxylic acids is 1. The fraction of sp³-hybridized carbons (Fsp3) is 0.286. The Morgan fingerprint density at radius 1 is 1.14 bits per heavy atom. The highest BCUT2D eigenvalue weighted by molar-refractivity contribution is 6.06. The summed E-state index contributed by atoms with van der Waals surface area (Å²) >= 11 is 0. The maximum atomic E-state index is 12.9. The van der Waals surface area contributed by atoms with Gasteiger partial charge in [-0.05, 0) is 23.8 Å². The third kappa shape index (κ3) is 4.48. The molecule has 1 heterocycles. The highest BCUT2D eigenvalue weighted by Crippen LogP contribution is 2.34. The van der Waals surface area contributed by atoms with E-state index < -0.39 is 23.9 Å². The molecule has 0 bridgehead atoms. The van der Waals surface area contributed by atoms with E-state index in [2.05, 4.69) is 10.5 Å². The molecule has 1 atom stereocenters. The largest absolute Gasteiger partial charge is 0.493 e. The van der Waals surface area contributed by atoms with E-state index >= 15 is 0 Å². The van der Waals surface area contributed by atoms with Crippen LogP contribution in [-0.2, 0) is 21.0 Å². The summed E-state index contributed by atoms with van der Waals surface area (Å²) in [5.74, 6) is -0.628. The van der Waals surface area contributed by atoms with Gasteiger partial charge in [0, 0.05) is 18.5 Å². The number of carbonyl (C=O) groups excluding carboxylic acids is 1.